The summed E-state index contributed by atoms with van der Waals surface area (Å²) < 4.78 is 0. The highest BCUT2D eigenvalue weighted by Crippen LogP contribution is 2.05. The zero-order chi connectivity index (χ0) is 12.6. The molecule has 0 radical (unpaired) electrons. The summed E-state index contributed by atoms with van der Waals surface area (Å²) in [5, 5.41) is 2.63. The first-order valence-corrected chi connectivity index (χ1v) is 5.78. The van der Waals surface area contributed by atoms with Gasteiger partial charge in [0.25, 0.3) is 0 Å². The summed E-state index contributed by atoms with van der Waals surface area (Å²) in [4.78, 5) is 22.4. The van der Waals surface area contributed by atoms with Crippen molar-refractivity contribution in [2.24, 2.45) is 17.4 Å². The number of hydrogen-bond acceptors (Lipinski definition) is 4. The van der Waals surface area contributed by atoms with Crippen LogP contribution in [0.4, 0.5) is 0 Å². The van der Waals surface area contributed by atoms with Crippen LogP contribution in [-0.2, 0) is 9.59 Å². The Morgan fingerprint density at radius 2 is 2.12 bits per heavy atom. The Bertz CT molecular complexity index is 221. The van der Waals surface area contributed by atoms with Gasteiger partial charge in [0.15, 0.2) is 0 Å². The second kappa shape index (κ2) is 8.24. The van der Waals surface area contributed by atoms with Crippen LogP contribution in [0.1, 0.15) is 33.1 Å². The molecule has 5 N–H and O–H groups in total. The quantitative estimate of drug-likeness (QED) is 0.501. The molecule has 0 bridgehead atoms. The number of rotatable bonds is 8. The molecule has 0 aromatic heterocycles. The van der Waals surface area contributed by atoms with Gasteiger partial charge in [0, 0.05) is 0 Å². The van der Waals surface area contributed by atoms with Crippen LogP contribution in [0.5, 0.6) is 0 Å². The highest BCUT2D eigenvalue weighted by Gasteiger charge is 2.21. The van der Waals surface area contributed by atoms with Gasteiger partial charge in [-0.05, 0) is 25.3 Å². The molecule has 16 heavy (non-hydrogen) atoms. The van der Waals surface area contributed by atoms with E-state index in [2.05, 4.69) is 5.32 Å². The van der Waals surface area contributed by atoms with E-state index in [0.717, 1.165) is 12.7 Å². The maximum Gasteiger partial charge on any atom is 0.237 e. The van der Waals surface area contributed by atoms with E-state index in [0.29, 0.717) is 19.4 Å². The van der Waals surface area contributed by atoms with Crippen LogP contribution in [0, 0.1) is 5.92 Å². The number of carbonyl (C=O) groups excluding carboxylic acids is 2. The standard InChI is InChI=1S/C11H23N3O2/c1-3-8(2)10(13)11(16)14-9(7-15)5-4-6-12/h7-10H,3-6,12-13H2,1-2H3,(H,14,16)/t8-,9-,10-/m0/s1. The van der Waals surface area contributed by atoms with Gasteiger partial charge in [-0.15, -0.1) is 0 Å². The van der Waals surface area contributed by atoms with Crippen molar-refractivity contribution in [3.63, 3.8) is 0 Å². The molecule has 0 heterocycles. The lowest BCUT2D eigenvalue weighted by Gasteiger charge is -2.20. The summed E-state index contributed by atoms with van der Waals surface area (Å²) in [6.45, 7) is 4.40. The van der Waals surface area contributed by atoms with Crippen molar-refractivity contribution < 1.29 is 9.59 Å². The van der Waals surface area contributed by atoms with E-state index < -0.39 is 12.1 Å². The normalized spacial score (nSPS) is 16.2. The average molecular weight is 229 g/mol. The van der Waals surface area contributed by atoms with E-state index in [9.17, 15) is 9.59 Å². The van der Waals surface area contributed by atoms with Gasteiger partial charge in [0.1, 0.15) is 6.29 Å². The summed E-state index contributed by atoms with van der Waals surface area (Å²) in [7, 11) is 0. The summed E-state index contributed by atoms with van der Waals surface area (Å²) in [6, 6.07) is -1.02. The molecule has 0 saturated heterocycles. The van der Waals surface area contributed by atoms with Crippen LogP contribution in [-0.4, -0.2) is 30.8 Å². The third-order valence-corrected chi connectivity index (χ3v) is 2.77. The monoisotopic (exact) mass is 229 g/mol. The molecule has 0 unspecified atom stereocenters. The summed E-state index contributed by atoms with van der Waals surface area (Å²) in [5.74, 6) is -0.148. The van der Waals surface area contributed by atoms with Crippen LogP contribution in [0.25, 0.3) is 0 Å². The first-order chi connectivity index (χ1) is 7.56. The summed E-state index contributed by atoms with van der Waals surface area (Å²) >= 11 is 0. The van der Waals surface area contributed by atoms with Crippen molar-refractivity contribution in [3.8, 4) is 0 Å². The highest BCUT2D eigenvalue weighted by molar-refractivity contribution is 5.84. The number of nitrogens with two attached hydrogens (primary N) is 2. The third-order valence-electron chi connectivity index (χ3n) is 2.77. The smallest absolute Gasteiger partial charge is 0.237 e. The predicted octanol–water partition coefficient (Wildman–Crippen LogP) is -0.218. The molecule has 0 aliphatic heterocycles. The Balaban J connectivity index is 4.13. The Kier molecular flexibility index (Phi) is 7.76. The summed E-state index contributed by atoms with van der Waals surface area (Å²) in [5.41, 5.74) is 11.1. The molecule has 0 aromatic rings. The molecule has 0 aliphatic rings. The minimum absolute atomic E-state index is 0.113. The zero-order valence-electron chi connectivity index (χ0n) is 10.1. The molecule has 0 aliphatic carbocycles. The van der Waals surface area contributed by atoms with Crippen molar-refractivity contribution in [3.05, 3.63) is 0 Å². The lowest BCUT2D eigenvalue weighted by Crippen LogP contribution is -2.48. The van der Waals surface area contributed by atoms with E-state index in [1.54, 1.807) is 0 Å². The second-order valence-electron chi connectivity index (χ2n) is 4.09. The third kappa shape index (κ3) is 5.23. The van der Waals surface area contributed by atoms with Gasteiger partial charge in [-0.3, -0.25) is 4.79 Å². The number of nitrogens with one attached hydrogen (secondary N) is 1. The number of carbonyl (C=O) groups is 2. The molecule has 3 atom stereocenters. The molecule has 0 saturated carbocycles. The lowest BCUT2D eigenvalue weighted by atomic mass is 9.99. The average Bonchev–Trinajstić information content (AvgIpc) is 2.31. The zero-order valence-corrected chi connectivity index (χ0v) is 10.1. The first kappa shape index (κ1) is 15.1. The molecule has 94 valence electrons. The fourth-order valence-corrected chi connectivity index (χ4v) is 1.30. The fourth-order valence-electron chi connectivity index (χ4n) is 1.30. The minimum atomic E-state index is -0.551. The van der Waals surface area contributed by atoms with Crippen LogP contribution < -0.4 is 16.8 Å². The van der Waals surface area contributed by atoms with Gasteiger partial charge in [0.2, 0.25) is 5.91 Å². The van der Waals surface area contributed by atoms with E-state index in [1.165, 1.54) is 0 Å². The molecule has 0 aromatic carbocycles. The fraction of sp³-hybridized carbons (Fsp3) is 0.818. The Morgan fingerprint density at radius 1 is 1.50 bits per heavy atom. The van der Waals surface area contributed by atoms with Crippen molar-refractivity contribution in [2.75, 3.05) is 6.54 Å². The van der Waals surface area contributed by atoms with Crippen LogP contribution in [0.2, 0.25) is 0 Å². The van der Waals surface area contributed by atoms with Crippen LogP contribution in [0.15, 0.2) is 0 Å². The lowest BCUT2D eigenvalue weighted by molar-refractivity contribution is -0.126. The van der Waals surface area contributed by atoms with Gasteiger partial charge in [-0.2, -0.15) is 0 Å². The van der Waals surface area contributed by atoms with E-state index in [1.807, 2.05) is 13.8 Å². The van der Waals surface area contributed by atoms with Crippen molar-refractivity contribution in [1.82, 2.24) is 5.32 Å². The molecular formula is C11H23N3O2. The molecule has 1 amide bonds. The van der Waals surface area contributed by atoms with Crippen LogP contribution >= 0.6 is 0 Å². The SMILES string of the molecule is CC[C@H](C)[C@H](N)C(=O)N[C@H](C=O)CCCN. The predicted molar refractivity (Wildman–Crippen MR) is 63.7 cm³/mol. The first-order valence-electron chi connectivity index (χ1n) is 5.78. The van der Waals surface area contributed by atoms with Gasteiger partial charge < -0.3 is 21.6 Å². The molecule has 5 heteroatoms. The van der Waals surface area contributed by atoms with Crippen molar-refractivity contribution in [1.29, 1.82) is 0 Å². The minimum Gasteiger partial charge on any atom is -0.345 e. The molecule has 0 rings (SSSR count). The molecule has 5 nitrogen and oxygen atoms in total. The van der Waals surface area contributed by atoms with Gasteiger partial charge in [-0.1, -0.05) is 20.3 Å². The highest BCUT2D eigenvalue weighted by atomic mass is 16.2. The second-order valence-corrected chi connectivity index (χ2v) is 4.09. The topological polar surface area (TPSA) is 98.2 Å². The number of amides is 1. The molecular weight excluding hydrogens is 206 g/mol. The maximum atomic E-state index is 11.6. The maximum absolute atomic E-state index is 11.6. The van der Waals surface area contributed by atoms with Gasteiger partial charge in [0.05, 0.1) is 12.1 Å². The van der Waals surface area contributed by atoms with E-state index >= 15 is 0 Å². The molecule has 0 fully saturated rings. The van der Waals surface area contributed by atoms with E-state index in [-0.39, 0.29) is 11.8 Å². The number of aldehydes is 1. The van der Waals surface area contributed by atoms with E-state index in [4.69, 9.17) is 11.5 Å². The van der Waals surface area contributed by atoms with Gasteiger partial charge in [-0.25, -0.2) is 0 Å². The number of hydrogen-bond donors (Lipinski definition) is 3. The van der Waals surface area contributed by atoms with Gasteiger partial charge >= 0.3 is 0 Å². The largest absolute Gasteiger partial charge is 0.345 e. The Morgan fingerprint density at radius 3 is 2.56 bits per heavy atom. The Labute approximate surface area is 96.9 Å². The van der Waals surface area contributed by atoms with Crippen LogP contribution in [0.3, 0.4) is 0 Å². The summed E-state index contributed by atoms with van der Waals surface area (Å²) in [6.07, 6.45) is 2.85. The van der Waals surface area contributed by atoms with Crippen molar-refractivity contribution >= 4 is 12.2 Å². The van der Waals surface area contributed by atoms with Crippen molar-refractivity contribution in [2.45, 2.75) is 45.2 Å². The Hall–Kier alpha value is -0.940. The molecule has 0 spiro atoms.